The van der Waals surface area contributed by atoms with Crippen LogP contribution in [0.25, 0.3) is 11.5 Å². The second-order valence-corrected chi connectivity index (χ2v) is 7.24. The third-order valence-corrected chi connectivity index (χ3v) is 5.27. The molecule has 0 saturated heterocycles. The number of rotatable bonds is 5. The Hall–Kier alpha value is -3.19. The smallest absolute Gasteiger partial charge is 0.247 e. The quantitative estimate of drug-likeness (QED) is 0.685. The highest BCUT2D eigenvalue weighted by molar-refractivity contribution is 5.95. The van der Waals surface area contributed by atoms with Crippen LogP contribution >= 0.6 is 0 Å². The third kappa shape index (κ3) is 3.73. The van der Waals surface area contributed by atoms with E-state index in [1.165, 1.54) is 0 Å². The van der Waals surface area contributed by atoms with E-state index in [9.17, 15) is 4.79 Å². The molecule has 3 aromatic rings. The minimum absolute atomic E-state index is 0.125. The fraction of sp³-hybridized carbons (Fsp3) is 0.318. The van der Waals surface area contributed by atoms with Crippen molar-refractivity contribution in [2.24, 2.45) is 5.73 Å². The lowest BCUT2D eigenvalue weighted by atomic mass is 9.91. The molecule has 2 heterocycles. The van der Waals surface area contributed by atoms with Crippen molar-refractivity contribution in [1.82, 2.24) is 10.2 Å². The Labute approximate surface area is 169 Å². The van der Waals surface area contributed by atoms with Crippen LogP contribution in [0, 0.1) is 0 Å². The predicted octanol–water partition coefficient (Wildman–Crippen LogP) is 3.88. The van der Waals surface area contributed by atoms with Crippen LogP contribution in [0.2, 0.25) is 0 Å². The molecule has 0 aliphatic carbocycles. The van der Waals surface area contributed by atoms with Gasteiger partial charge in [0.05, 0.1) is 12.6 Å². The van der Waals surface area contributed by atoms with Gasteiger partial charge in [0, 0.05) is 29.4 Å². The van der Waals surface area contributed by atoms with Gasteiger partial charge in [0.1, 0.15) is 0 Å². The predicted molar refractivity (Wildman–Crippen MR) is 112 cm³/mol. The minimum atomic E-state index is 0.125. The van der Waals surface area contributed by atoms with Crippen LogP contribution < -0.4 is 16.0 Å². The Morgan fingerprint density at radius 2 is 1.97 bits per heavy atom. The van der Waals surface area contributed by atoms with Crippen molar-refractivity contribution in [1.29, 1.82) is 0 Å². The van der Waals surface area contributed by atoms with Crippen LogP contribution in [0.3, 0.4) is 0 Å². The number of nitrogens with two attached hydrogens (primary N) is 1. The lowest BCUT2D eigenvalue weighted by Crippen LogP contribution is -2.44. The standard InChI is InChI=1S/C22H25N5O2/c1-3-21(28)27-14(2)12-18(17-6-4-5-7-19(17)27)24-16-10-8-15(9-11-16)22-26-25-20(13-23)29-22/h4-11,14,18,24H,3,12-13,23H2,1-2H3/t14-,18-/m1/s1. The lowest BCUT2D eigenvalue weighted by Gasteiger charge is -2.40. The Kier molecular flexibility index (Phi) is 5.31. The molecule has 1 aliphatic heterocycles. The summed E-state index contributed by atoms with van der Waals surface area (Å²) < 4.78 is 5.51. The van der Waals surface area contributed by atoms with Crippen LogP contribution in [0.4, 0.5) is 11.4 Å². The van der Waals surface area contributed by atoms with Crippen molar-refractivity contribution in [3.63, 3.8) is 0 Å². The summed E-state index contributed by atoms with van der Waals surface area (Å²) in [4.78, 5) is 14.4. The molecule has 4 rings (SSSR count). The number of anilines is 2. The number of amides is 1. The molecule has 2 atom stereocenters. The summed E-state index contributed by atoms with van der Waals surface area (Å²) in [6.07, 6.45) is 1.34. The number of fused-ring (bicyclic) bond motifs is 1. The SMILES string of the molecule is CCC(=O)N1c2ccccc2[C@H](Nc2ccc(-c3nnc(CN)o3)cc2)C[C@H]1C. The van der Waals surface area contributed by atoms with E-state index < -0.39 is 0 Å². The monoisotopic (exact) mass is 391 g/mol. The summed E-state index contributed by atoms with van der Waals surface area (Å²) in [6.45, 7) is 4.23. The fourth-order valence-corrected chi connectivity index (χ4v) is 3.86. The van der Waals surface area contributed by atoms with Crippen molar-refractivity contribution in [2.75, 3.05) is 10.2 Å². The van der Waals surface area contributed by atoms with Crippen molar-refractivity contribution >= 4 is 17.3 Å². The highest BCUT2D eigenvalue weighted by Gasteiger charge is 2.32. The number of carbonyl (C=O) groups excluding carboxylic acids is 1. The van der Waals surface area contributed by atoms with Crippen molar-refractivity contribution in [3.05, 3.63) is 60.0 Å². The van der Waals surface area contributed by atoms with Crippen LogP contribution in [-0.2, 0) is 11.3 Å². The first-order valence-electron chi connectivity index (χ1n) is 9.91. The van der Waals surface area contributed by atoms with Gasteiger partial charge in [0.2, 0.25) is 17.7 Å². The Morgan fingerprint density at radius 3 is 2.66 bits per heavy atom. The molecule has 150 valence electrons. The first kappa shape index (κ1) is 19.1. The van der Waals surface area contributed by atoms with Crippen LogP contribution in [0.1, 0.15) is 44.2 Å². The van der Waals surface area contributed by atoms with E-state index in [0.717, 1.165) is 28.9 Å². The largest absolute Gasteiger partial charge is 0.419 e. The number of hydrogen-bond donors (Lipinski definition) is 2. The molecule has 0 radical (unpaired) electrons. The number of nitrogens with zero attached hydrogens (tertiary/aromatic N) is 3. The number of nitrogens with one attached hydrogen (secondary N) is 1. The molecule has 29 heavy (non-hydrogen) atoms. The Morgan fingerprint density at radius 1 is 1.21 bits per heavy atom. The van der Waals surface area contributed by atoms with Gasteiger partial charge in [0.25, 0.3) is 0 Å². The molecular formula is C22H25N5O2. The van der Waals surface area contributed by atoms with Gasteiger partial charge in [-0.15, -0.1) is 10.2 Å². The van der Waals surface area contributed by atoms with E-state index in [0.29, 0.717) is 18.2 Å². The summed E-state index contributed by atoms with van der Waals surface area (Å²) >= 11 is 0. The van der Waals surface area contributed by atoms with Crippen molar-refractivity contribution in [3.8, 4) is 11.5 Å². The zero-order chi connectivity index (χ0) is 20.4. The van der Waals surface area contributed by atoms with Gasteiger partial charge in [-0.1, -0.05) is 25.1 Å². The molecule has 7 nitrogen and oxygen atoms in total. The zero-order valence-corrected chi connectivity index (χ0v) is 16.6. The van der Waals surface area contributed by atoms with E-state index >= 15 is 0 Å². The molecule has 0 bridgehead atoms. The molecule has 0 unspecified atom stereocenters. The Bertz CT molecular complexity index is 998. The van der Waals surface area contributed by atoms with E-state index in [1.54, 1.807) is 0 Å². The summed E-state index contributed by atoms with van der Waals surface area (Å²) in [5.41, 5.74) is 9.50. The topological polar surface area (TPSA) is 97.3 Å². The summed E-state index contributed by atoms with van der Waals surface area (Å²) in [6, 6.07) is 16.3. The van der Waals surface area contributed by atoms with Gasteiger partial charge in [0.15, 0.2) is 0 Å². The number of benzene rings is 2. The summed E-state index contributed by atoms with van der Waals surface area (Å²) in [7, 11) is 0. The molecule has 0 fully saturated rings. The number of hydrogen-bond acceptors (Lipinski definition) is 6. The molecule has 3 N–H and O–H groups in total. The van der Waals surface area contributed by atoms with E-state index in [4.69, 9.17) is 10.2 Å². The van der Waals surface area contributed by atoms with Gasteiger partial charge in [-0.05, 0) is 49.2 Å². The zero-order valence-electron chi connectivity index (χ0n) is 16.6. The number of carbonyl (C=O) groups is 1. The Balaban J connectivity index is 1.56. The first-order valence-corrected chi connectivity index (χ1v) is 9.91. The summed E-state index contributed by atoms with van der Waals surface area (Å²) in [5.74, 6) is 1.03. The maximum Gasteiger partial charge on any atom is 0.247 e. The molecule has 0 saturated carbocycles. The van der Waals surface area contributed by atoms with Gasteiger partial charge < -0.3 is 20.4 Å². The van der Waals surface area contributed by atoms with Gasteiger partial charge in [-0.2, -0.15) is 0 Å². The highest BCUT2D eigenvalue weighted by Crippen LogP contribution is 2.39. The minimum Gasteiger partial charge on any atom is -0.419 e. The second-order valence-electron chi connectivity index (χ2n) is 7.24. The third-order valence-electron chi connectivity index (χ3n) is 5.27. The average molecular weight is 391 g/mol. The second kappa shape index (κ2) is 8.05. The average Bonchev–Trinajstić information content (AvgIpc) is 3.23. The fourth-order valence-electron chi connectivity index (χ4n) is 3.86. The molecule has 1 amide bonds. The van der Waals surface area contributed by atoms with Gasteiger partial charge in [-0.3, -0.25) is 4.79 Å². The van der Waals surface area contributed by atoms with Crippen LogP contribution in [0.15, 0.2) is 52.9 Å². The van der Waals surface area contributed by atoms with Gasteiger partial charge >= 0.3 is 0 Å². The highest BCUT2D eigenvalue weighted by atomic mass is 16.4. The number of aromatic nitrogens is 2. The normalized spacial score (nSPS) is 18.4. The summed E-state index contributed by atoms with van der Waals surface area (Å²) in [5, 5.41) is 11.5. The van der Waals surface area contributed by atoms with E-state index in [1.807, 2.05) is 54.3 Å². The maximum atomic E-state index is 12.5. The van der Waals surface area contributed by atoms with Crippen LogP contribution in [-0.4, -0.2) is 22.1 Å². The molecule has 1 aliphatic rings. The molecule has 2 aromatic carbocycles. The molecule has 7 heteroatoms. The van der Waals surface area contributed by atoms with Crippen molar-refractivity contribution in [2.45, 2.75) is 45.3 Å². The number of para-hydroxylation sites is 1. The maximum absolute atomic E-state index is 12.5. The van der Waals surface area contributed by atoms with E-state index in [2.05, 4.69) is 28.5 Å². The van der Waals surface area contributed by atoms with Gasteiger partial charge in [-0.25, -0.2) is 0 Å². The molecule has 0 spiro atoms. The van der Waals surface area contributed by atoms with Crippen molar-refractivity contribution < 1.29 is 9.21 Å². The van der Waals surface area contributed by atoms with E-state index in [-0.39, 0.29) is 24.5 Å². The molecular weight excluding hydrogens is 366 g/mol. The first-order chi connectivity index (χ1) is 14.1. The lowest BCUT2D eigenvalue weighted by molar-refractivity contribution is -0.118. The van der Waals surface area contributed by atoms with Crippen LogP contribution in [0.5, 0.6) is 0 Å². The molecule has 1 aromatic heterocycles.